The Kier molecular flexibility index (Phi) is 6.72. The standard InChI is InChI=1S/C24H28N2O6/c1-14(20(21(27)28)26-23(30)32-24(2,3)4)25-22(29)31-13-19-17-11-7-5-9-15(17)16-10-6-8-12-18(16)19/h5-12,14,19-20H,13H2,1-4H3,(H,25,29)(H,26,30)(H,27,28)/t14-,20-/m0/s1. The van der Waals surface area contributed by atoms with E-state index in [2.05, 4.69) is 10.6 Å². The first-order valence-corrected chi connectivity index (χ1v) is 10.4. The Hall–Kier alpha value is -3.55. The van der Waals surface area contributed by atoms with Crippen molar-refractivity contribution in [3.05, 3.63) is 59.7 Å². The zero-order valence-electron chi connectivity index (χ0n) is 18.5. The van der Waals surface area contributed by atoms with Gasteiger partial charge < -0.3 is 25.2 Å². The van der Waals surface area contributed by atoms with Crippen molar-refractivity contribution in [2.24, 2.45) is 0 Å². The number of rotatable bonds is 6. The third kappa shape index (κ3) is 5.38. The molecule has 2 amide bonds. The fraction of sp³-hybridized carbons (Fsp3) is 0.375. The topological polar surface area (TPSA) is 114 Å². The van der Waals surface area contributed by atoms with Gasteiger partial charge in [-0.25, -0.2) is 14.4 Å². The maximum absolute atomic E-state index is 12.4. The largest absolute Gasteiger partial charge is 0.480 e. The van der Waals surface area contributed by atoms with Crippen molar-refractivity contribution in [1.82, 2.24) is 10.6 Å². The molecule has 0 heterocycles. The zero-order chi connectivity index (χ0) is 23.5. The predicted octanol–water partition coefficient (Wildman–Crippen LogP) is 3.89. The first-order chi connectivity index (χ1) is 15.1. The molecule has 170 valence electrons. The third-order valence-electron chi connectivity index (χ3n) is 5.13. The second kappa shape index (κ2) is 9.30. The van der Waals surface area contributed by atoms with Crippen LogP contribution < -0.4 is 10.6 Å². The first kappa shape index (κ1) is 23.1. The van der Waals surface area contributed by atoms with Gasteiger partial charge in [0.05, 0.1) is 6.04 Å². The van der Waals surface area contributed by atoms with Crippen molar-refractivity contribution < 1.29 is 29.0 Å². The van der Waals surface area contributed by atoms with Gasteiger partial charge in [-0.05, 0) is 49.9 Å². The molecule has 0 saturated heterocycles. The summed E-state index contributed by atoms with van der Waals surface area (Å²) in [5, 5.41) is 14.2. The lowest BCUT2D eigenvalue weighted by Crippen LogP contribution is -2.55. The minimum absolute atomic E-state index is 0.101. The molecule has 2 aromatic rings. The number of hydrogen-bond donors (Lipinski definition) is 3. The number of carboxylic acid groups (broad SMARTS) is 1. The van der Waals surface area contributed by atoms with Gasteiger partial charge in [-0.2, -0.15) is 0 Å². The molecule has 0 bridgehead atoms. The average molecular weight is 440 g/mol. The molecule has 3 rings (SSSR count). The van der Waals surface area contributed by atoms with Gasteiger partial charge >= 0.3 is 18.2 Å². The normalized spacial score (nSPS) is 14.5. The molecule has 2 aromatic carbocycles. The molecule has 0 fully saturated rings. The lowest BCUT2D eigenvalue weighted by atomic mass is 9.98. The van der Waals surface area contributed by atoms with Gasteiger partial charge in [-0.3, -0.25) is 0 Å². The van der Waals surface area contributed by atoms with Gasteiger partial charge in [0.15, 0.2) is 0 Å². The van der Waals surface area contributed by atoms with Crippen LogP contribution in [0.2, 0.25) is 0 Å². The summed E-state index contributed by atoms with van der Waals surface area (Å²) in [5.41, 5.74) is 3.58. The number of carboxylic acids is 1. The fourth-order valence-corrected chi connectivity index (χ4v) is 3.74. The zero-order valence-corrected chi connectivity index (χ0v) is 18.5. The summed E-state index contributed by atoms with van der Waals surface area (Å²) in [6.45, 7) is 6.57. The monoisotopic (exact) mass is 440 g/mol. The van der Waals surface area contributed by atoms with Gasteiger partial charge in [0, 0.05) is 5.92 Å². The van der Waals surface area contributed by atoms with E-state index in [0.29, 0.717) is 0 Å². The summed E-state index contributed by atoms with van der Waals surface area (Å²) in [6.07, 6.45) is -1.65. The van der Waals surface area contributed by atoms with Crippen LogP contribution >= 0.6 is 0 Å². The number of amides is 2. The van der Waals surface area contributed by atoms with Crippen molar-refractivity contribution in [1.29, 1.82) is 0 Å². The van der Waals surface area contributed by atoms with Crippen molar-refractivity contribution in [3.8, 4) is 11.1 Å². The van der Waals surface area contributed by atoms with Gasteiger partial charge in [-0.15, -0.1) is 0 Å². The van der Waals surface area contributed by atoms with E-state index in [-0.39, 0.29) is 12.5 Å². The van der Waals surface area contributed by atoms with Crippen LogP contribution in [0.25, 0.3) is 11.1 Å². The highest BCUT2D eigenvalue weighted by molar-refractivity contribution is 5.82. The minimum atomic E-state index is -1.38. The molecular weight excluding hydrogens is 412 g/mol. The summed E-state index contributed by atoms with van der Waals surface area (Å²) in [7, 11) is 0. The number of ether oxygens (including phenoxy) is 2. The molecular formula is C24H28N2O6. The number of carbonyl (C=O) groups is 3. The number of fused-ring (bicyclic) bond motifs is 3. The van der Waals surface area contributed by atoms with Crippen LogP contribution in [-0.2, 0) is 14.3 Å². The van der Waals surface area contributed by atoms with E-state index >= 15 is 0 Å². The summed E-state index contributed by atoms with van der Waals surface area (Å²) in [4.78, 5) is 36.0. The minimum Gasteiger partial charge on any atom is -0.480 e. The summed E-state index contributed by atoms with van der Waals surface area (Å²) in [5.74, 6) is -1.42. The molecule has 1 aliphatic carbocycles. The number of alkyl carbamates (subject to hydrolysis) is 2. The molecule has 0 aliphatic heterocycles. The summed E-state index contributed by atoms with van der Waals surface area (Å²) < 4.78 is 10.5. The molecule has 0 unspecified atom stereocenters. The Balaban J connectivity index is 1.61. The Bertz CT molecular complexity index is 968. The highest BCUT2D eigenvalue weighted by atomic mass is 16.6. The molecule has 1 aliphatic rings. The van der Waals surface area contributed by atoms with E-state index < -0.39 is 35.8 Å². The van der Waals surface area contributed by atoms with E-state index in [9.17, 15) is 19.5 Å². The lowest BCUT2D eigenvalue weighted by Gasteiger charge is -2.25. The molecule has 2 atom stereocenters. The van der Waals surface area contributed by atoms with Crippen LogP contribution in [0.15, 0.2) is 48.5 Å². The Morgan fingerprint density at radius 2 is 1.47 bits per heavy atom. The van der Waals surface area contributed by atoms with Crippen LogP contribution in [0.3, 0.4) is 0 Å². The van der Waals surface area contributed by atoms with Crippen molar-refractivity contribution in [2.75, 3.05) is 6.61 Å². The van der Waals surface area contributed by atoms with Gasteiger partial charge in [0.1, 0.15) is 18.2 Å². The Labute approximate surface area is 186 Å². The molecule has 0 saturated carbocycles. The van der Waals surface area contributed by atoms with Crippen LogP contribution in [0.4, 0.5) is 9.59 Å². The number of aliphatic carboxylic acids is 1. The Morgan fingerprint density at radius 3 is 1.97 bits per heavy atom. The second-order valence-corrected chi connectivity index (χ2v) is 8.72. The quantitative estimate of drug-likeness (QED) is 0.628. The number of nitrogens with one attached hydrogen (secondary N) is 2. The summed E-state index contributed by atoms with van der Waals surface area (Å²) >= 11 is 0. The van der Waals surface area contributed by atoms with E-state index in [1.54, 1.807) is 20.8 Å². The van der Waals surface area contributed by atoms with E-state index in [1.807, 2.05) is 48.5 Å². The maximum Gasteiger partial charge on any atom is 0.408 e. The van der Waals surface area contributed by atoms with Crippen LogP contribution in [0.1, 0.15) is 44.7 Å². The van der Waals surface area contributed by atoms with E-state index in [4.69, 9.17) is 9.47 Å². The molecule has 0 aromatic heterocycles. The van der Waals surface area contributed by atoms with E-state index in [0.717, 1.165) is 22.3 Å². The molecule has 8 heteroatoms. The Morgan fingerprint density at radius 1 is 0.938 bits per heavy atom. The van der Waals surface area contributed by atoms with Gasteiger partial charge in [-0.1, -0.05) is 48.5 Å². The molecule has 0 radical (unpaired) electrons. The maximum atomic E-state index is 12.4. The molecule has 0 spiro atoms. The summed E-state index contributed by atoms with van der Waals surface area (Å²) in [6, 6.07) is 13.6. The number of carbonyl (C=O) groups excluding carboxylic acids is 2. The van der Waals surface area contributed by atoms with Crippen LogP contribution in [0, 0.1) is 0 Å². The average Bonchev–Trinajstić information content (AvgIpc) is 3.03. The number of hydrogen-bond acceptors (Lipinski definition) is 5. The molecule has 3 N–H and O–H groups in total. The van der Waals surface area contributed by atoms with Crippen LogP contribution in [0.5, 0.6) is 0 Å². The highest BCUT2D eigenvalue weighted by Gasteiger charge is 2.32. The van der Waals surface area contributed by atoms with Crippen LogP contribution in [-0.4, -0.2) is 47.6 Å². The van der Waals surface area contributed by atoms with Crippen molar-refractivity contribution in [2.45, 2.75) is 51.3 Å². The van der Waals surface area contributed by atoms with Gasteiger partial charge in [0.2, 0.25) is 0 Å². The predicted molar refractivity (Wildman–Crippen MR) is 118 cm³/mol. The SMILES string of the molecule is C[C@H](NC(=O)OCC1c2ccccc2-c2ccccc21)[C@H](NC(=O)OC(C)(C)C)C(=O)O. The smallest absolute Gasteiger partial charge is 0.408 e. The van der Waals surface area contributed by atoms with Crippen molar-refractivity contribution in [3.63, 3.8) is 0 Å². The fourth-order valence-electron chi connectivity index (χ4n) is 3.74. The second-order valence-electron chi connectivity index (χ2n) is 8.72. The molecule has 32 heavy (non-hydrogen) atoms. The van der Waals surface area contributed by atoms with E-state index in [1.165, 1.54) is 6.92 Å². The highest BCUT2D eigenvalue weighted by Crippen LogP contribution is 2.44. The van der Waals surface area contributed by atoms with Crippen molar-refractivity contribution >= 4 is 18.2 Å². The lowest BCUT2D eigenvalue weighted by molar-refractivity contribution is -0.140. The van der Waals surface area contributed by atoms with Gasteiger partial charge in [0.25, 0.3) is 0 Å². The molecule has 8 nitrogen and oxygen atoms in total. The number of benzene rings is 2. The third-order valence-corrected chi connectivity index (χ3v) is 5.13. The first-order valence-electron chi connectivity index (χ1n) is 10.4.